The third-order valence-electron chi connectivity index (χ3n) is 2.94. The Morgan fingerprint density at radius 2 is 2.00 bits per heavy atom. The van der Waals surface area contributed by atoms with Crippen molar-refractivity contribution in [2.24, 2.45) is 0 Å². The Morgan fingerprint density at radius 1 is 1.24 bits per heavy atom. The highest BCUT2D eigenvalue weighted by molar-refractivity contribution is 7.12. The number of likely N-dealkylation sites (N-methyl/N-ethyl adjacent to an activating group) is 1. The average molecular weight is 306 g/mol. The lowest BCUT2D eigenvalue weighted by Gasteiger charge is -2.17. The molecule has 0 aliphatic rings. The van der Waals surface area contributed by atoms with Crippen LogP contribution in [0.5, 0.6) is 0 Å². The minimum atomic E-state index is -0.347. The van der Waals surface area contributed by atoms with Gasteiger partial charge >= 0.3 is 0 Å². The van der Waals surface area contributed by atoms with E-state index in [0.29, 0.717) is 10.4 Å². The van der Waals surface area contributed by atoms with E-state index in [1.54, 1.807) is 42.8 Å². The minimum Gasteiger partial charge on any atom is -0.342 e. The van der Waals surface area contributed by atoms with Crippen molar-refractivity contribution in [3.63, 3.8) is 0 Å². The molecule has 0 saturated carbocycles. The van der Waals surface area contributed by atoms with Gasteiger partial charge in [-0.15, -0.1) is 11.3 Å². The van der Waals surface area contributed by atoms with Crippen molar-refractivity contribution in [3.05, 3.63) is 58.0 Å². The van der Waals surface area contributed by atoms with Gasteiger partial charge in [-0.1, -0.05) is 24.3 Å². The number of nitrogens with one attached hydrogen (secondary N) is 1. The normalized spacial score (nSPS) is 10.2. The second kappa shape index (κ2) is 6.99. The zero-order valence-electron chi connectivity index (χ0n) is 11.5. The molecule has 1 N–H and O–H groups in total. The zero-order chi connectivity index (χ0) is 15.2. The Bertz CT molecular complexity index is 628. The standard InChI is InChI=1S/C15H15FN2O2S/c1-18(10-11-5-2-3-6-12(11)16)14(19)9-17-15(20)13-7-4-8-21-13/h2-8H,9-10H2,1H3,(H,17,20). The fraction of sp³-hybridized carbons (Fsp3) is 0.200. The highest BCUT2D eigenvalue weighted by Gasteiger charge is 2.13. The van der Waals surface area contributed by atoms with E-state index < -0.39 is 0 Å². The van der Waals surface area contributed by atoms with Gasteiger partial charge in [0.05, 0.1) is 11.4 Å². The van der Waals surface area contributed by atoms with Crippen LogP contribution < -0.4 is 5.32 Å². The molecule has 0 saturated heterocycles. The van der Waals surface area contributed by atoms with Crippen molar-refractivity contribution >= 4 is 23.2 Å². The molecule has 2 amide bonds. The first-order valence-electron chi connectivity index (χ1n) is 6.37. The van der Waals surface area contributed by atoms with Gasteiger partial charge in [-0.3, -0.25) is 9.59 Å². The summed E-state index contributed by atoms with van der Waals surface area (Å²) >= 11 is 1.31. The summed E-state index contributed by atoms with van der Waals surface area (Å²) in [5, 5.41) is 4.35. The molecule has 2 rings (SSSR count). The van der Waals surface area contributed by atoms with Crippen molar-refractivity contribution in [1.82, 2.24) is 10.2 Å². The van der Waals surface area contributed by atoms with Crippen LogP contribution in [0.3, 0.4) is 0 Å². The maximum Gasteiger partial charge on any atom is 0.261 e. The first-order valence-corrected chi connectivity index (χ1v) is 7.25. The fourth-order valence-electron chi connectivity index (χ4n) is 1.76. The summed E-state index contributed by atoms with van der Waals surface area (Å²) in [6.45, 7) is 0.0576. The van der Waals surface area contributed by atoms with Crippen LogP contribution in [0, 0.1) is 5.82 Å². The molecule has 6 heteroatoms. The van der Waals surface area contributed by atoms with Crippen molar-refractivity contribution in [2.45, 2.75) is 6.54 Å². The maximum atomic E-state index is 13.5. The largest absolute Gasteiger partial charge is 0.342 e. The molecule has 110 valence electrons. The molecular formula is C15H15FN2O2S. The van der Waals surface area contributed by atoms with Crippen LogP contribution in [0.2, 0.25) is 0 Å². The summed E-state index contributed by atoms with van der Waals surface area (Å²) in [6, 6.07) is 9.76. The predicted molar refractivity (Wildman–Crippen MR) is 79.5 cm³/mol. The number of nitrogens with zero attached hydrogens (tertiary/aromatic N) is 1. The van der Waals surface area contributed by atoms with Crippen molar-refractivity contribution in [3.8, 4) is 0 Å². The monoisotopic (exact) mass is 306 g/mol. The van der Waals surface area contributed by atoms with E-state index in [1.807, 2.05) is 0 Å². The van der Waals surface area contributed by atoms with Crippen molar-refractivity contribution in [1.29, 1.82) is 0 Å². The van der Waals surface area contributed by atoms with E-state index in [4.69, 9.17) is 0 Å². The smallest absolute Gasteiger partial charge is 0.261 e. The number of amides is 2. The van der Waals surface area contributed by atoms with Gasteiger partial charge < -0.3 is 10.2 Å². The third kappa shape index (κ3) is 4.13. The Labute approximate surface area is 126 Å². The predicted octanol–water partition coefficient (Wildman–Crippen LogP) is 2.28. The number of carbonyl (C=O) groups excluding carboxylic acids is 2. The quantitative estimate of drug-likeness (QED) is 0.921. The highest BCUT2D eigenvalue weighted by atomic mass is 32.1. The number of hydrogen-bond donors (Lipinski definition) is 1. The molecule has 4 nitrogen and oxygen atoms in total. The number of benzene rings is 1. The van der Waals surface area contributed by atoms with Crippen molar-refractivity contribution in [2.75, 3.05) is 13.6 Å². The van der Waals surface area contributed by atoms with Crippen molar-refractivity contribution < 1.29 is 14.0 Å². The molecule has 0 bridgehead atoms. The third-order valence-corrected chi connectivity index (χ3v) is 3.80. The van der Waals surface area contributed by atoms with E-state index in [-0.39, 0.29) is 30.7 Å². The summed E-state index contributed by atoms with van der Waals surface area (Å²) in [5.41, 5.74) is 0.443. The van der Waals surface area contributed by atoms with Crippen LogP contribution >= 0.6 is 11.3 Å². The zero-order valence-corrected chi connectivity index (χ0v) is 12.3. The lowest BCUT2D eigenvalue weighted by atomic mass is 10.2. The lowest BCUT2D eigenvalue weighted by Crippen LogP contribution is -2.37. The molecule has 0 aliphatic carbocycles. The van der Waals surface area contributed by atoms with Gasteiger partial charge in [0.1, 0.15) is 5.82 Å². The number of carbonyl (C=O) groups is 2. The summed E-state index contributed by atoms with van der Waals surface area (Å²) in [5.74, 6) is -0.902. The second-order valence-corrected chi connectivity index (χ2v) is 5.45. The minimum absolute atomic E-state index is 0.109. The molecule has 21 heavy (non-hydrogen) atoms. The van der Waals surface area contributed by atoms with E-state index in [1.165, 1.54) is 22.3 Å². The molecule has 0 radical (unpaired) electrons. The summed E-state index contributed by atoms with van der Waals surface area (Å²) in [6.07, 6.45) is 0. The van der Waals surface area contributed by atoms with Gasteiger partial charge in [-0.2, -0.15) is 0 Å². The van der Waals surface area contributed by atoms with Crippen LogP contribution in [-0.2, 0) is 11.3 Å². The van der Waals surface area contributed by atoms with Gasteiger partial charge in [0.25, 0.3) is 5.91 Å². The first-order chi connectivity index (χ1) is 10.1. The Balaban J connectivity index is 1.86. The SMILES string of the molecule is CN(Cc1ccccc1F)C(=O)CNC(=O)c1cccs1. The molecule has 0 fully saturated rings. The lowest BCUT2D eigenvalue weighted by molar-refractivity contribution is -0.129. The molecule has 1 aromatic heterocycles. The molecule has 1 heterocycles. The van der Waals surface area contributed by atoms with E-state index >= 15 is 0 Å². The van der Waals surface area contributed by atoms with Crippen LogP contribution in [-0.4, -0.2) is 30.3 Å². The Kier molecular flexibility index (Phi) is 5.05. The van der Waals surface area contributed by atoms with Crippen LogP contribution in [0.1, 0.15) is 15.2 Å². The Morgan fingerprint density at radius 3 is 2.67 bits per heavy atom. The summed E-state index contributed by atoms with van der Waals surface area (Å²) < 4.78 is 13.5. The van der Waals surface area contributed by atoms with Gasteiger partial charge in [0, 0.05) is 19.2 Å². The van der Waals surface area contributed by atoms with Crippen LogP contribution in [0.4, 0.5) is 4.39 Å². The fourth-order valence-corrected chi connectivity index (χ4v) is 2.40. The van der Waals surface area contributed by atoms with Crippen LogP contribution in [0.25, 0.3) is 0 Å². The highest BCUT2D eigenvalue weighted by Crippen LogP contribution is 2.09. The number of hydrogen-bond acceptors (Lipinski definition) is 3. The second-order valence-electron chi connectivity index (χ2n) is 4.50. The topological polar surface area (TPSA) is 49.4 Å². The van der Waals surface area contributed by atoms with Crippen LogP contribution in [0.15, 0.2) is 41.8 Å². The number of halogens is 1. The molecule has 0 aliphatic heterocycles. The van der Waals surface area contributed by atoms with E-state index in [0.717, 1.165) is 0 Å². The van der Waals surface area contributed by atoms with Gasteiger partial charge in [-0.25, -0.2) is 4.39 Å². The molecular weight excluding hydrogens is 291 g/mol. The van der Waals surface area contributed by atoms with Gasteiger partial charge in [0.15, 0.2) is 0 Å². The number of rotatable bonds is 5. The van der Waals surface area contributed by atoms with Gasteiger partial charge in [0.2, 0.25) is 5.91 Å². The molecule has 1 aromatic carbocycles. The summed E-state index contributed by atoms with van der Waals surface area (Å²) in [7, 11) is 1.58. The molecule has 0 atom stereocenters. The van der Waals surface area contributed by atoms with E-state index in [2.05, 4.69) is 5.32 Å². The average Bonchev–Trinajstić information content (AvgIpc) is 3.01. The molecule has 0 spiro atoms. The molecule has 0 unspecified atom stereocenters. The number of thiophene rings is 1. The molecule has 2 aromatic rings. The first kappa shape index (κ1) is 15.2. The van der Waals surface area contributed by atoms with Gasteiger partial charge in [-0.05, 0) is 17.5 Å². The maximum absolute atomic E-state index is 13.5. The van der Waals surface area contributed by atoms with E-state index in [9.17, 15) is 14.0 Å². The summed E-state index contributed by atoms with van der Waals surface area (Å²) in [4.78, 5) is 25.6. The Hall–Kier alpha value is -2.21.